The quantitative estimate of drug-likeness (QED) is 0.535. The molecule has 0 saturated carbocycles. The van der Waals surface area contributed by atoms with Crippen LogP contribution in [0.25, 0.3) is 0 Å². The number of rotatable bonds is 6. The van der Waals surface area contributed by atoms with Crippen molar-refractivity contribution in [3.8, 4) is 17.2 Å². The number of ether oxygens (including phenoxy) is 2. The Morgan fingerprint density at radius 2 is 1.78 bits per heavy atom. The highest BCUT2D eigenvalue weighted by atomic mass is 32.2. The van der Waals surface area contributed by atoms with E-state index in [0.29, 0.717) is 28.0 Å². The molecule has 0 radical (unpaired) electrons. The van der Waals surface area contributed by atoms with Crippen LogP contribution in [0.5, 0.6) is 17.2 Å². The second-order valence-corrected chi connectivity index (χ2v) is 10.3. The van der Waals surface area contributed by atoms with Gasteiger partial charge < -0.3 is 24.6 Å². The molecule has 32 heavy (non-hydrogen) atoms. The lowest BCUT2D eigenvalue weighted by Gasteiger charge is -2.17. The SMILES string of the molecule is CC1=CC(C)N=C(NC(=O)c2cc(Oc3ccc(P(=O)(O)O)cc3)cc(OC(C)C)c2)S1. The lowest BCUT2D eigenvalue weighted by Crippen LogP contribution is -2.30. The van der Waals surface area contributed by atoms with Crippen LogP contribution in [0.2, 0.25) is 0 Å². The molecule has 2 aromatic carbocycles. The van der Waals surface area contributed by atoms with Crippen molar-refractivity contribution in [3.05, 3.63) is 59.0 Å². The summed E-state index contributed by atoms with van der Waals surface area (Å²) in [5.74, 6) is 0.809. The number of hydrogen-bond acceptors (Lipinski definition) is 6. The standard InChI is InChI=1S/C22H25N2O6PS/c1-13(2)29-18-10-16(21(25)24-22-23-14(3)9-15(4)32-22)11-19(12-18)30-17-5-7-20(8-6-17)31(26,27)28/h5-14H,1-4H3,(H,23,24,25)(H2,26,27,28). The number of hydrogen-bond donors (Lipinski definition) is 3. The van der Waals surface area contributed by atoms with Gasteiger partial charge >= 0.3 is 7.60 Å². The highest BCUT2D eigenvalue weighted by Gasteiger charge is 2.18. The molecule has 1 unspecified atom stereocenters. The summed E-state index contributed by atoms with van der Waals surface area (Å²) in [6.45, 7) is 7.65. The highest BCUT2D eigenvalue weighted by molar-refractivity contribution is 8.17. The van der Waals surface area contributed by atoms with Crippen LogP contribution in [-0.2, 0) is 4.57 Å². The van der Waals surface area contributed by atoms with E-state index in [1.54, 1.807) is 18.2 Å². The fraction of sp³-hybridized carbons (Fsp3) is 0.273. The second kappa shape index (κ2) is 9.92. The van der Waals surface area contributed by atoms with Gasteiger partial charge in [-0.3, -0.25) is 14.4 Å². The van der Waals surface area contributed by atoms with Gasteiger partial charge in [-0.15, -0.1) is 0 Å². The van der Waals surface area contributed by atoms with Crippen LogP contribution in [0, 0.1) is 0 Å². The van der Waals surface area contributed by atoms with Gasteiger partial charge in [0.25, 0.3) is 5.91 Å². The van der Waals surface area contributed by atoms with Crippen molar-refractivity contribution in [2.24, 2.45) is 4.99 Å². The Balaban J connectivity index is 1.84. The van der Waals surface area contributed by atoms with E-state index in [0.717, 1.165) is 4.91 Å². The van der Waals surface area contributed by atoms with Crippen LogP contribution in [0.3, 0.4) is 0 Å². The summed E-state index contributed by atoms with van der Waals surface area (Å²) in [5.41, 5.74) is 0.327. The van der Waals surface area contributed by atoms with Crippen molar-refractivity contribution >= 4 is 35.7 Å². The fourth-order valence-corrected chi connectivity index (χ4v) is 4.42. The molecule has 10 heteroatoms. The minimum Gasteiger partial charge on any atom is -0.491 e. The zero-order valence-corrected chi connectivity index (χ0v) is 19.8. The normalized spacial score (nSPS) is 16.3. The monoisotopic (exact) mass is 476 g/mol. The van der Waals surface area contributed by atoms with E-state index in [9.17, 15) is 19.1 Å². The van der Waals surface area contributed by atoms with Crippen molar-refractivity contribution in [2.75, 3.05) is 0 Å². The second-order valence-electron chi connectivity index (χ2n) is 7.51. The molecular weight excluding hydrogens is 451 g/mol. The number of amidine groups is 1. The maximum absolute atomic E-state index is 12.9. The molecule has 170 valence electrons. The van der Waals surface area contributed by atoms with Crippen LogP contribution < -0.4 is 20.1 Å². The number of carbonyl (C=O) groups is 1. The molecule has 0 bridgehead atoms. The third-order valence-corrected chi connectivity index (χ3v) is 6.03. The molecule has 0 aliphatic carbocycles. The minimum atomic E-state index is -4.34. The summed E-state index contributed by atoms with van der Waals surface area (Å²) < 4.78 is 22.9. The van der Waals surface area contributed by atoms with Gasteiger partial charge in [0.15, 0.2) is 5.17 Å². The Kier molecular flexibility index (Phi) is 7.46. The lowest BCUT2D eigenvalue weighted by molar-refractivity contribution is 0.0976. The van der Waals surface area contributed by atoms with E-state index in [2.05, 4.69) is 10.3 Å². The van der Waals surface area contributed by atoms with Crippen LogP contribution >= 0.6 is 19.4 Å². The molecule has 1 aliphatic rings. The van der Waals surface area contributed by atoms with E-state index < -0.39 is 7.60 Å². The van der Waals surface area contributed by atoms with Gasteiger partial charge in [-0.2, -0.15) is 0 Å². The van der Waals surface area contributed by atoms with Crippen molar-refractivity contribution in [3.63, 3.8) is 0 Å². The van der Waals surface area contributed by atoms with Crippen molar-refractivity contribution in [2.45, 2.75) is 39.8 Å². The Hall–Kier alpha value is -2.58. The molecule has 0 spiro atoms. The number of allylic oxidation sites excluding steroid dienone is 1. The summed E-state index contributed by atoms with van der Waals surface area (Å²) >= 11 is 1.39. The molecule has 0 aromatic heterocycles. The van der Waals surface area contributed by atoms with E-state index >= 15 is 0 Å². The van der Waals surface area contributed by atoms with E-state index in [1.165, 1.54) is 36.0 Å². The average Bonchev–Trinajstić information content (AvgIpc) is 2.66. The number of thioether (sulfide) groups is 1. The molecule has 3 rings (SSSR count). The van der Waals surface area contributed by atoms with Crippen molar-refractivity contribution in [1.29, 1.82) is 0 Å². The number of nitrogens with one attached hydrogen (secondary N) is 1. The van der Waals surface area contributed by atoms with E-state index in [1.807, 2.05) is 33.8 Å². The number of carbonyl (C=O) groups excluding carboxylic acids is 1. The first-order chi connectivity index (χ1) is 15.0. The molecule has 1 atom stereocenters. The molecule has 0 saturated heterocycles. The first kappa shape index (κ1) is 24.1. The van der Waals surface area contributed by atoms with Crippen LogP contribution in [0.1, 0.15) is 38.1 Å². The summed E-state index contributed by atoms with van der Waals surface area (Å²) in [7, 11) is -4.34. The molecule has 1 aliphatic heterocycles. The molecule has 3 N–H and O–H groups in total. The minimum absolute atomic E-state index is 0.0165. The van der Waals surface area contributed by atoms with Crippen molar-refractivity contribution < 1.29 is 28.6 Å². The van der Waals surface area contributed by atoms with Gasteiger partial charge in [0.1, 0.15) is 17.2 Å². The number of nitrogens with zero attached hydrogens (tertiary/aromatic N) is 1. The van der Waals surface area contributed by atoms with Gasteiger partial charge in [0, 0.05) is 11.6 Å². The summed E-state index contributed by atoms with van der Waals surface area (Å²) in [4.78, 5) is 36.9. The Labute approximate surface area is 190 Å². The van der Waals surface area contributed by atoms with Gasteiger partial charge in [0.2, 0.25) is 0 Å². The van der Waals surface area contributed by atoms with Gasteiger partial charge in [0.05, 0.1) is 17.5 Å². The molecule has 2 aromatic rings. The third kappa shape index (κ3) is 6.71. The van der Waals surface area contributed by atoms with Crippen LogP contribution in [0.4, 0.5) is 0 Å². The third-order valence-electron chi connectivity index (χ3n) is 4.20. The number of aliphatic imine (C=N–C) groups is 1. The predicted molar refractivity (Wildman–Crippen MR) is 126 cm³/mol. The van der Waals surface area contributed by atoms with Gasteiger partial charge in [-0.1, -0.05) is 17.8 Å². The largest absolute Gasteiger partial charge is 0.491 e. The maximum atomic E-state index is 12.9. The first-order valence-electron chi connectivity index (χ1n) is 9.91. The fourth-order valence-electron chi connectivity index (χ4n) is 2.95. The van der Waals surface area contributed by atoms with Gasteiger partial charge in [-0.25, -0.2) is 0 Å². The van der Waals surface area contributed by atoms with Gasteiger partial charge in [-0.05, 0) is 69.0 Å². The predicted octanol–water partition coefficient (Wildman–Crippen LogP) is 4.19. The molecule has 1 amide bonds. The van der Waals surface area contributed by atoms with E-state index in [4.69, 9.17) is 9.47 Å². The zero-order chi connectivity index (χ0) is 23.5. The highest BCUT2D eigenvalue weighted by Crippen LogP contribution is 2.34. The summed E-state index contributed by atoms with van der Waals surface area (Å²) in [6.07, 6.45) is 1.90. The van der Waals surface area contributed by atoms with Crippen LogP contribution in [-0.4, -0.2) is 33.0 Å². The Morgan fingerprint density at radius 1 is 1.12 bits per heavy atom. The Morgan fingerprint density at radius 3 is 2.38 bits per heavy atom. The molecule has 8 nitrogen and oxygen atoms in total. The lowest BCUT2D eigenvalue weighted by atomic mass is 10.2. The molecule has 1 heterocycles. The Bertz CT molecular complexity index is 1110. The first-order valence-corrected chi connectivity index (χ1v) is 12.3. The number of benzene rings is 2. The van der Waals surface area contributed by atoms with Crippen molar-refractivity contribution in [1.82, 2.24) is 5.32 Å². The summed E-state index contributed by atoms with van der Waals surface area (Å²) in [6, 6.07) is 10.3. The summed E-state index contributed by atoms with van der Waals surface area (Å²) in [5, 5.41) is 3.24. The number of amides is 1. The topological polar surface area (TPSA) is 117 Å². The smallest absolute Gasteiger partial charge is 0.356 e. The molecule has 0 fully saturated rings. The van der Waals surface area contributed by atoms with Crippen LogP contribution in [0.15, 0.2) is 58.4 Å². The van der Waals surface area contributed by atoms with E-state index in [-0.39, 0.29) is 23.4 Å². The zero-order valence-electron chi connectivity index (χ0n) is 18.1. The molecular formula is C22H25N2O6PS. The average molecular weight is 476 g/mol. The maximum Gasteiger partial charge on any atom is 0.356 e.